The molecular weight excluding hydrogens is 428 g/mol. The molecule has 34 heavy (non-hydrogen) atoms. The molecule has 1 aliphatic carbocycles. The lowest BCUT2D eigenvalue weighted by molar-refractivity contribution is -0.153. The van der Waals surface area contributed by atoms with Gasteiger partial charge < -0.3 is 20.4 Å². The first-order valence-corrected chi connectivity index (χ1v) is 11.9. The molecule has 0 saturated heterocycles. The molecule has 1 aliphatic rings. The summed E-state index contributed by atoms with van der Waals surface area (Å²) >= 11 is 0. The van der Waals surface area contributed by atoms with Crippen LogP contribution >= 0.6 is 0 Å². The van der Waals surface area contributed by atoms with Gasteiger partial charge in [0.2, 0.25) is 5.91 Å². The van der Waals surface area contributed by atoms with Gasteiger partial charge in [-0.05, 0) is 55.5 Å². The quantitative estimate of drug-likeness (QED) is 0.201. The smallest absolute Gasteiger partial charge is 0.318 e. The van der Waals surface area contributed by atoms with Crippen LogP contribution in [0.15, 0.2) is 48.5 Å². The molecule has 178 valence electrons. The second-order valence-corrected chi connectivity index (χ2v) is 9.02. The molecule has 1 aromatic heterocycles. The monoisotopic (exact) mass is 460 g/mol. The molecule has 3 aromatic rings. The van der Waals surface area contributed by atoms with Gasteiger partial charge in [0.15, 0.2) is 0 Å². The van der Waals surface area contributed by atoms with Gasteiger partial charge in [-0.3, -0.25) is 15.0 Å². The molecule has 1 unspecified atom stereocenters. The van der Waals surface area contributed by atoms with Crippen LogP contribution in [-0.2, 0) is 27.8 Å². The summed E-state index contributed by atoms with van der Waals surface area (Å²) in [5.74, 6) is -1.37. The number of aryl methyl sites for hydroxylation is 1. The number of carbonyl (C=O) groups is 2. The van der Waals surface area contributed by atoms with E-state index in [0.717, 1.165) is 54.3 Å². The number of fused-ring (bicyclic) bond motifs is 1. The fraction of sp³-hybridized carbons (Fsp3) is 0.370. The Morgan fingerprint density at radius 3 is 2.50 bits per heavy atom. The number of benzene rings is 2. The van der Waals surface area contributed by atoms with Gasteiger partial charge in [0.25, 0.3) is 0 Å². The molecule has 2 aromatic carbocycles. The number of nitrogens with one attached hydrogen (secondary N) is 2. The van der Waals surface area contributed by atoms with Crippen molar-refractivity contribution in [1.82, 2.24) is 4.57 Å². The SMILES string of the molecule is CCOC(=O)C(C(=O)Nc1ccc2c(c1)cc(Cc1ccc(C(=N)N)cc1)n2C)C1CCCC1. The average molecular weight is 461 g/mol. The van der Waals surface area contributed by atoms with Crippen LogP contribution in [0.2, 0.25) is 0 Å². The van der Waals surface area contributed by atoms with Gasteiger partial charge in [0.05, 0.1) is 6.61 Å². The van der Waals surface area contributed by atoms with Crippen molar-refractivity contribution in [2.24, 2.45) is 24.6 Å². The minimum atomic E-state index is -0.762. The second kappa shape index (κ2) is 10.1. The molecule has 1 saturated carbocycles. The van der Waals surface area contributed by atoms with E-state index in [4.69, 9.17) is 15.9 Å². The van der Waals surface area contributed by atoms with E-state index in [2.05, 4.69) is 16.0 Å². The van der Waals surface area contributed by atoms with Crippen molar-refractivity contribution in [3.63, 3.8) is 0 Å². The van der Waals surface area contributed by atoms with Crippen LogP contribution < -0.4 is 11.1 Å². The lowest BCUT2D eigenvalue weighted by atomic mass is 9.90. The first-order chi connectivity index (χ1) is 16.4. The summed E-state index contributed by atoms with van der Waals surface area (Å²) in [5, 5.41) is 11.5. The third-order valence-corrected chi connectivity index (χ3v) is 6.75. The molecule has 0 radical (unpaired) electrons. The molecule has 4 rings (SSSR count). The number of nitrogens with two attached hydrogens (primary N) is 1. The summed E-state index contributed by atoms with van der Waals surface area (Å²) in [6, 6.07) is 15.6. The summed E-state index contributed by atoms with van der Waals surface area (Å²) in [7, 11) is 2.02. The fourth-order valence-corrected chi connectivity index (χ4v) is 4.92. The van der Waals surface area contributed by atoms with Gasteiger partial charge >= 0.3 is 5.97 Å². The highest BCUT2D eigenvalue weighted by Gasteiger charge is 2.37. The first-order valence-electron chi connectivity index (χ1n) is 11.9. The van der Waals surface area contributed by atoms with Crippen molar-refractivity contribution in [2.45, 2.75) is 39.0 Å². The molecule has 1 amide bonds. The van der Waals surface area contributed by atoms with Crippen LogP contribution in [0.25, 0.3) is 10.9 Å². The number of hydrogen-bond acceptors (Lipinski definition) is 4. The Morgan fingerprint density at radius 2 is 1.85 bits per heavy atom. The van der Waals surface area contributed by atoms with Crippen LogP contribution in [0.5, 0.6) is 0 Å². The molecular formula is C27H32N4O3. The van der Waals surface area contributed by atoms with Crippen molar-refractivity contribution < 1.29 is 14.3 Å². The number of anilines is 1. The zero-order chi connectivity index (χ0) is 24.2. The Hall–Kier alpha value is -3.61. The summed E-state index contributed by atoms with van der Waals surface area (Å²) < 4.78 is 7.36. The Bertz CT molecular complexity index is 1210. The van der Waals surface area contributed by atoms with E-state index >= 15 is 0 Å². The standard InChI is InChI=1S/C27H32N4O3/c1-3-34-27(33)24(18-6-4-5-7-18)26(32)30-21-12-13-23-20(15-21)16-22(31(23)2)14-17-8-10-19(11-9-17)25(28)29/h8-13,15-16,18,24H,3-7,14H2,1-2H3,(H3,28,29)(H,30,32). The zero-order valence-corrected chi connectivity index (χ0v) is 19.8. The predicted molar refractivity (Wildman–Crippen MR) is 134 cm³/mol. The lowest BCUT2D eigenvalue weighted by Crippen LogP contribution is -2.36. The van der Waals surface area contributed by atoms with Crippen LogP contribution in [0.1, 0.15) is 49.4 Å². The number of esters is 1. The molecule has 7 heteroatoms. The molecule has 1 heterocycles. The maximum absolute atomic E-state index is 13.1. The zero-order valence-electron chi connectivity index (χ0n) is 19.8. The van der Waals surface area contributed by atoms with E-state index in [0.29, 0.717) is 11.3 Å². The van der Waals surface area contributed by atoms with E-state index < -0.39 is 11.9 Å². The van der Waals surface area contributed by atoms with Gasteiger partial charge in [0, 0.05) is 41.3 Å². The van der Waals surface area contributed by atoms with Crippen LogP contribution in [0.4, 0.5) is 5.69 Å². The van der Waals surface area contributed by atoms with Crippen molar-refractivity contribution in [3.05, 3.63) is 65.4 Å². The van der Waals surface area contributed by atoms with Crippen LogP contribution in [0, 0.1) is 17.2 Å². The highest BCUT2D eigenvalue weighted by molar-refractivity contribution is 6.05. The molecule has 4 N–H and O–H groups in total. The number of nitrogens with zero attached hydrogens (tertiary/aromatic N) is 1. The van der Waals surface area contributed by atoms with Gasteiger partial charge in [0.1, 0.15) is 11.8 Å². The maximum atomic E-state index is 13.1. The van der Waals surface area contributed by atoms with Crippen molar-refractivity contribution >= 4 is 34.3 Å². The Morgan fingerprint density at radius 1 is 1.15 bits per heavy atom. The normalized spacial score (nSPS) is 14.8. The van der Waals surface area contributed by atoms with Gasteiger partial charge in [-0.25, -0.2) is 0 Å². The largest absolute Gasteiger partial charge is 0.465 e. The molecule has 0 bridgehead atoms. The number of hydrogen-bond donors (Lipinski definition) is 3. The van der Waals surface area contributed by atoms with Crippen LogP contribution in [0.3, 0.4) is 0 Å². The molecule has 1 fully saturated rings. The number of aromatic nitrogens is 1. The number of rotatable bonds is 8. The minimum Gasteiger partial charge on any atom is -0.465 e. The highest BCUT2D eigenvalue weighted by atomic mass is 16.5. The molecule has 1 atom stereocenters. The summed E-state index contributed by atoms with van der Waals surface area (Å²) in [6.45, 7) is 2.03. The first kappa shape index (κ1) is 23.5. The third kappa shape index (κ3) is 4.98. The van der Waals surface area contributed by atoms with Gasteiger partial charge in [-0.1, -0.05) is 37.1 Å². The molecule has 7 nitrogen and oxygen atoms in total. The molecule has 0 spiro atoms. The maximum Gasteiger partial charge on any atom is 0.318 e. The number of amides is 1. The number of carbonyl (C=O) groups excluding carboxylic acids is 2. The van der Waals surface area contributed by atoms with Crippen molar-refractivity contribution in [3.8, 4) is 0 Å². The van der Waals surface area contributed by atoms with E-state index in [1.165, 1.54) is 0 Å². The predicted octanol–water partition coefficient (Wildman–Crippen LogP) is 4.36. The van der Waals surface area contributed by atoms with Crippen molar-refractivity contribution in [2.75, 3.05) is 11.9 Å². The van der Waals surface area contributed by atoms with Crippen molar-refractivity contribution in [1.29, 1.82) is 5.41 Å². The summed E-state index contributed by atoms with van der Waals surface area (Å²) in [4.78, 5) is 25.6. The highest BCUT2D eigenvalue weighted by Crippen LogP contribution is 2.33. The number of ether oxygens (including phenoxy) is 1. The average Bonchev–Trinajstić information content (AvgIpc) is 3.43. The molecule has 0 aliphatic heterocycles. The fourth-order valence-electron chi connectivity index (χ4n) is 4.92. The second-order valence-electron chi connectivity index (χ2n) is 9.02. The van der Waals surface area contributed by atoms with Crippen LogP contribution in [-0.4, -0.2) is 28.9 Å². The van der Waals surface area contributed by atoms with E-state index in [1.54, 1.807) is 6.92 Å². The number of nitrogen functional groups attached to an aromatic ring is 1. The van der Waals surface area contributed by atoms with Gasteiger partial charge in [-0.15, -0.1) is 0 Å². The Labute approximate surface area is 199 Å². The number of amidine groups is 1. The lowest BCUT2D eigenvalue weighted by Gasteiger charge is -2.21. The van der Waals surface area contributed by atoms with Gasteiger partial charge in [-0.2, -0.15) is 0 Å². The minimum absolute atomic E-state index is 0.0421. The van der Waals surface area contributed by atoms with E-state index in [1.807, 2.05) is 49.5 Å². The van der Waals surface area contributed by atoms with E-state index in [9.17, 15) is 9.59 Å². The van der Waals surface area contributed by atoms with E-state index in [-0.39, 0.29) is 24.3 Å². The third-order valence-electron chi connectivity index (χ3n) is 6.75. The summed E-state index contributed by atoms with van der Waals surface area (Å²) in [5.41, 5.74) is 10.2. The Balaban J connectivity index is 1.53. The Kier molecular flexibility index (Phi) is 7.01. The summed E-state index contributed by atoms with van der Waals surface area (Å²) in [6.07, 6.45) is 4.59. The topological polar surface area (TPSA) is 110 Å².